The van der Waals surface area contributed by atoms with Crippen molar-refractivity contribution in [3.8, 4) is 0 Å². The molecule has 2 heterocycles. The van der Waals surface area contributed by atoms with E-state index in [1.807, 2.05) is 11.0 Å². The Labute approximate surface area is 139 Å². The van der Waals surface area contributed by atoms with Gasteiger partial charge in [-0.15, -0.1) is 0 Å². The van der Waals surface area contributed by atoms with Crippen molar-refractivity contribution in [2.45, 2.75) is 31.7 Å². The molecule has 2 fully saturated rings. The molecular weight excluding hydrogens is 352 g/mol. The molecule has 5 heteroatoms. The summed E-state index contributed by atoms with van der Waals surface area (Å²) < 4.78 is 0.781. The fraction of sp³-hybridized carbons (Fsp3) is 0.562. The first-order valence-corrected chi connectivity index (χ1v) is 8.80. The van der Waals surface area contributed by atoms with E-state index in [2.05, 4.69) is 20.8 Å². The highest BCUT2D eigenvalue weighted by Crippen LogP contribution is 2.26. The Bertz CT molecular complexity index is 531. The molecule has 1 aromatic rings. The highest BCUT2D eigenvalue weighted by molar-refractivity contribution is 9.10. The summed E-state index contributed by atoms with van der Waals surface area (Å²) in [6, 6.07) is 5.92. The summed E-state index contributed by atoms with van der Waals surface area (Å²) in [4.78, 5) is 17.3. The zero-order valence-electron chi connectivity index (χ0n) is 12.0. The lowest BCUT2D eigenvalue weighted by atomic mass is 10.0. The number of carbonyl (C=O) groups excluding carboxylic acids is 1. The second kappa shape index (κ2) is 6.67. The summed E-state index contributed by atoms with van der Waals surface area (Å²) >= 11 is 9.41. The average Bonchev–Trinajstić information content (AvgIpc) is 3.01. The highest BCUT2D eigenvalue weighted by Gasteiger charge is 2.30. The fourth-order valence-corrected chi connectivity index (χ4v) is 4.23. The van der Waals surface area contributed by atoms with Crippen LogP contribution in [0.15, 0.2) is 22.7 Å². The first-order valence-electron chi connectivity index (χ1n) is 7.63. The van der Waals surface area contributed by atoms with Crippen molar-refractivity contribution in [3.63, 3.8) is 0 Å². The van der Waals surface area contributed by atoms with Gasteiger partial charge in [0.2, 0.25) is 0 Å². The van der Waals surface area contributed by atoms with Crippen LogP contribution in [0.4, 0.5) is 0 Å². The Hall–Kier alpha value is -0.580. The van der Waals surface area contributed by atoms with Crippen LogP contribution < -0.4 is 0 Å². The standard InChI is InChI=1S/C16H20BrClN2O/c17-15-10-12(18)5-6-14(15)16(21)20-9-3-4-13(11-20)19-7-1-2-8-19/h5-6,10,13H,1-4,7-9,11H2. The van der Waals surface area contributed by atoms with Crippen LogP contribution in [0.25, 0.3) is 0 Å². The van der Waals surface area contributed by atoms with E-state index in [4.69, 9.17) is 11.6 Å². The van der Waals surface area contributed by atoms with Crippen LogP contribution in [-0.2, 0) is 0 Å². The third-order valence-corrected chi connectivity index (χ3v) is 5.39. The number of nitrogens with zero attached hydrogens (tertiary/aromatic N) is 2. The van der Waals surface area contributed by atoms with Crippen molar-refractivity contribution in [1.82, 2.24) is 9.80 Å². The van der Waals surface area contributed by atoms with E-state index >= 15 is 0 Å². The first-order chi connectivity index (χ1) is 10.1. The van der Waals surface area contributed by atoms with Gasteiger partial charge in [0.15, 0.2) is 0 Å². The second-order valence-corrected chi connectivity index (χ2v) is 7.21. The van der Waals surface area contributed by atoms with Gasteiger partial charge in [0.1, 0.15) is 0 Å². The molecular formula is C16H20BrClN2O. The lowest BCUT2D eigenvalue weighted by Crippen LogP contribution is -2.49. The number of likely N-dealkylation sites (tertiary alicyclic amines) is 2. The molecule has 2 aliphatic rings. The Balaban J connectivity index is 1.71. The predicted octanol–water partition coefficient (Wildman–Crippen LogP) is 3.80. The molecule has 2 aliphatic heterocycles. The van der Waals surface area contributed by atoms with Crippen molar-refractivity contribution in [3.05, 3.63) is 33.3 Å². The molecule has 0 bridgehead atoms. The molecule has 3 rings (SSSR count). The van der Waals surface area contributed by atoms with E-state index in [0.29, 0.717) is 16.6 Å². The fourth-order valence-electron chi connectivity index (χ4n) is 3.38. The van der Waals surface area contributed by atoms with Gasteiger partial charge in [-0.25, -0.2) is 0 Å². The van der Waals surface area contributed by atoms with E-state index in [1.165, 1.54) is 32.4 Å². The van der Waals surface area contributed by atoms with Crippen LogP contribution >= 0.6 is 27.5 Å². The maximum Gasteiger partial charge on any atom is 0.255 e. The number of piperidine rings is 1. The van der Waals surface area contributed by atoms with E-state index < -0.39 is 0 Å². The summed E-state index contributed by atoms with van der Waals surface area (Å²) in [6.07, 6.45) is 4.91. The largest absolute Gasteiger partial charge is 0.337 e. The molecule has 0 spiro atoms. The number of halogens is 2. The SMILES string of the molecule is O=C(c1ccc(Cl)cc1Br)N1CCCC(N2CCCC2)C1. The number of hydrogen-bond donors (Lipinski definition) is 0. The summed E-state index contributed by atoms with van der Waals surface area (Å²) in [5.41, 5.74) is 0.710. The lowest BCUT2D eigenvalue weighted by molar-refractivity contribution is 0.0607. The Morgan fingerprint density at radius 3 is 2.67 bits per heavy atom. The van der Waals surface area contributed by atoms with Gasteiger partial charge in [-0.2, -0.15) is 0 Å². The second-order valence-electron chi connectivity index (χ2n) is 5.91. The molecule has 0 radical (unpaired) electrons. The van der Waals surface area contributed by atoms with Crippen LogP contribution in [0.5, 0.6) is 0 Å². The molecule has 3 nitrogen and oxygen atoms in total. The number of benzene rings is 1. The Morgan fingerprint density at radius 1 is 1.19 bits per heavy atom. The minimum Gasteiger partial charge on any atom is -0.337 e. The van der Waals surface area contributed by atoms with Gasteiger partial charge < -0.3 is 4.90 Å². The van der Waals surface area contributed by atoms with Gasteiger partial charge >= 0.3 is 0 Å². The van der Waals surface area contributed by atoms with Gasteiger partial charge in [-0.05, 0) is 72.9 Å². The third kappa shape index (κ3) is 3.43. The van der Waals surface area contributed by atoms with E-state index in [1.54, 1.807) is 12.1 Å². The van der Waals surface area contributed by atoms with E-state index in [9.17, 15) is 4.79 Å². The summed E-state index contributed by atoms with van der Waals surface area (Å²) in [7, 11) is 0. The molecule has 0 saturated carbocycles. The molecule has 114 valence electrons. The molecule has 0 N–H and O–H groups in total. The first kappa shape index (κ1) is 15.3. The van der Waals surface area contributed by atoms with E-state index in [-0.39, 0.29) is 5.91 Å². The van der Waals surface area contributed by atoms with Gasteiger partial charge in [0.05, 0.1) is 5.56 Å². The molecule has 1 unspecified atom stereocenters. The molecule has 0 aliphatic carbocycles. The molecule has 2 saturated heterocycles. The van der Waals surface area contributed by atoms with Crippen LogP contribution in [0.3, 0.4) is 0 Å². The molecule has 1 aromatic carbocycles. The molecule has 1 amide bonds. The topological polar surface area (TPSA) is 23.6 Å². The number of carbonyl (C=O) groups is 1. The smallest absolute Gasteiger partial charge is 0.255 e. The van der Waals surface area contributed by atoms with Crippen molar-refractivity contribution in [2.24, 2.45) is 0 Å². The average molecular weight is 372 g/mol. The maximum atomic E-state index is 12.7. The van der Waals surface area contributed by atoms with Crippen molar-refractivity contribution in [2.75, 3.05) is 26.2 Å². The zero-order chi connectivity index (χ0) is 14.8. The number of rotatable bonds is 2. The molecule has 21 heavy (non-hydrogen) atoms. The van der Waals surface area contributed by atoms with Crippen molar-refractivity contribution >= 4 is 33.4 Å². The molecule has 0 aromatic heterocycles. The summed E-state index contributed by atoms with van der Waals surface area (Å²) in [5, 5.41) is 0.645. The monoisotopic (exact) mass is 370 g/mol. The van der Waals surface area contributed by atoms with Gasteiger partial charge in [0, 0.05) is 28.6 Å². The highest BCUT2D eigenvalue weighted by atomic mass is 79.9. The normalized spacial score (nSPS) is 23.5. The predicted molar refractivity (Wildman–Crippen MR) is 88.9 cm³/mol. The maximum absolute atomic E-state index is 12.7. The lowest BCUT2D eigenvalue weighted by Gasteiger charge is -2.37. The Kier molecular flexibility index (Phi) is 4.87. The van der Waals surface area contributed by atoms with Gasteiger partial charge in [-0.1, -0.05) is 11.6 Å². The minimum atomic E-state index is 0.113. The zero-order valence-corrected chi connectivity index (χ0v) is 14.4. The number of hydrogen-bond acceptors (Lipinski definition) is 2. The van der Waals surface area contributed by atoms with Crippen molar-refractivity contribution in [1.29, 1.82) is 0 Å². The van der Waals surface area contributed by atoms with Crippen LogP contribution in [0.1, 0.15) is 36.0 Å². The third-order valence-electron chi connectivity index (χ3n) is 4.50. The summed E-state index contributed by atoms with van der Waals surface area (Å²) in [5.74, 6) is 0.113. The summed E-state index contributed by atoms with van der Waals surface area (Å²) in [6.45, 7) is 4.10. The quantitative estimate of drug-likeness (QED) is 0.789. The molecule has 1 atom stereocenters. The van der Waals surface area contributed by atoms with Crippen LogP contribution in [-0.4, -0.2) is 47.9 Å². The van der Waals surface area contributed by atoms with Gasteiger partial charge in [-0.3, -0.25) is 9.69 Å². The van der Waals surface area contributed by atoms with Crippen molar-refractivity contribution < 1.29 is 4.79 Å². The minimum absolute atomic E-state index is 0.113. The van der Waals surface area contributed by atoms with Crippen LogP contribution in [0, 0.1) is 0 Å². The number of amides is 1. The van der Waals surface area contributed by atoms with Crippen LogP contribution in [0.2, 0.25) is 5.02 Å². The van der Waals surface area contributed by atoms with E-state index in [0.717, 1.165) is 24.0 Å². The van der Waals surface area contributed by atoms with Gasteiger partial charge in [0.25, 0.3) is 5.91 Å². The Morgan fingerprint density at radius 2 is 1.95 bits per heavy atom.